The van der Waals surface area contributed by atoms with Crippen molar-refractivity contribution in [3.05, 3.63) is 35.9 Å². The third kappa shape index (κ3) is 2.29. The molecule has 1 saturated heterocycles. The Labute approximate surface area is 113 Å². The maximum absolute atomic E-state index is 5.87. The molecule has 4 nitrogen and oxygen atoms in total. The number of rotatable bonds is 3. The molecule has 1 fully saturated rings. The second-order valence-electron chi connectivity index (χ2n) is 4.99. The summed E-state index contributed by atoms with van der Waals surface area (Å²) in [5.41, 5.74) is 8.02. The lowest BCUT2D eigenvalue weighted by molar-refractivity contribution is 0.193. The van der Waals surface area contributed by atoms with E-state index in [9.17, 15) is 0 Å². The molecule has 1 aliphatic heterocycles. The van der Waals surface area contributed by atoms with Crippen molar-refractivity contribution in [3.8, 4) is 0 Å². The van der Waals surface area contributed by atoms with Crippen molar-refractivity contribution >= 4 is 16.7 Å². The van der Waals surface area contributed by atoms with Crippen LogP contribution in [0.5, 0.6) is 0 Å². The number of nitrogens with two attached hydrogens (primary N) is 1. The van der Waals surface area contributed by atoms with Gasteiger partial charge in [0.25, 0.3) is 0 Å². The molecular formula is C15H19N3O. The summed E-state index contributed by atoms with van der Waals surface area (Å²) >= 11 is 0. The predicted molar refractivity (Wildman–Crippen MR) is 77.3 cm³/mol. The minimum atomic E-state index is 0.416. The van der Waals surface area contributed by atoms with Crippen molar-refractivity contribution in [2.75, 3.05) is 25.2 Å². The number of anilines is 1. The van der Waals surface area contributed by atoms with Gasteiger partial charge in [-0.15, -0.1) is 0 Å². The number of hydrogen-bond donors (Lipinski definition) is 1. The third-order valence-corrected chi connectivity index (χ3v) is 3.82. The van der Waals surface area contributed by atoms with Gasteiger partial charge < -0.3 is 15.4 Å². The van der Waals surface area contributed by atoms with Crippen LogP contribution in [0.3, 0.4) is 0 Å². The number of fused-ring (bicyclic) bond motifs is 1. The summed E-state index contributed by atoms with van der Waals surface area (Å²) in [4.78, 5) is 6.95. The molecule has 0 amide bonds. The highest BCUT2D eigenvalue weighted by atomic mass is 16.5. The lowest BCUT2D eigenvalue weighted by atomic mass is 10.1. The molecule has 0 bridgehead atoms. The smallest absolute Gasteiger partial charge is 0.129 e. The van der Waals surface area contributed by atoms with Gasteiger partial charge in [0.15, 0.2) is 0 Å². The highest BCUT2D eigenvalue weighted by Gasteiger charge is 2.22. The number of pyridine rings is 1. The van der Waals surface area contributed by atoms with Crippen molar-refractivity contribution in [1.29, 1.82) is 0 Å². The SMILES string of the molecule is CN(c1cc(CN)c2ccccc2n1)C1CCOC1. The van der Waals surface area contributed by atoms with Gasteiger partial charge in [-0.1, -0.05) is 18.2 Å². The van der Waals surface area contributed by atoms with E-state index in [2.05, 4.69) is 24.1 Å². The van der Waals surface area contributed by atoms with Crippen LogP contribution in [0.4, 0.5) is 5.82 Å². The molecule has 0 radical (unpaired) electrons. The molecule has 2 heterocycles. The van der Waals surface area contributed by atoms with Crippen LogP contribution in [0, 0.1) is 0 Å². The first kappa shape index (κ1) is 12.4. The molecule has 1 aromatic carbocycles. The Bertz CT molecular complexity index is 579. The number of benzene rings is 1. The topological polar surface area (TPSA) is 51.4 Å². The quantitative estimate of drug-likeness (QED) is 0.912. The van der Waals surface area contributed by atoms with Crippen molar-refractivity contribution in [1.82, 2.24) is 4.98 Å². The lowest BCUT2D eigenvalue weighted by Crippen LogP contribution is -2.32. The summed E-state index contributed by atoms with van der Waals surface area (Å²) < 4.78 is 5.45. The fourth-order valence-electron chi connectivity index (χ4n) is 2.60. The monoisotopic (exact) mass is 257 g/mol. The van der Waals surface area contributed by atoms with Crippen LogP contribution in [0.15, 0.2) is 30.3 Å². The van der Waals surface area contributed by atoms with E-state index in [1.807, 2.05) is 18.2 Å². The number of hydrogen-bond acceptors (Lipinski definition) is 4. The maximum Gasteiger partial charge on any atom is 0.129 e. The molecule has 0 spiro atoms. The normalized spacial score (nSPS) is 18.9. The number of aromatic nitrogens is 1. The summed E-state index contributed by atoms with van der Waals surface area (Å²) in [5, 5.41) is 1.14. The van der Waals surface area contributed by atoms with E-state index < -0.39 is 0 Å². The molecule has 19 heavy (non-hydrogen) atoms. The van der Waals surface area contributed by atoms with Crippen LogP contribution in [0.2, 0.25) is 0 Å². The van der Waals surface area contributed by atoms with Crippen LogP contribution in [0.1, 0.15) is 12.0 Å². The molecule has 0 aliphatic carbocycles. The predicted octanol–water partition coefficient (Wildman–Crippen LogP) is 1.92. The van der Waals surface area contributed by atoms with Crippen molar-refractivity contribution in [2.24, 2.45) is 5.73 Å². The fourth-order valence-corrected chi connectivity index (χ4v) is 2.60. The van der Waals surface area contributed by atoms with E-state index >= 15 is 0 Å². The Kier molecular flexibility index (Phi) is 3.36. The largest absolute Gasteiger partial charge is 0.379 e. The minimum Gasteiger partial charge on any atom is -0.379 e. The van der Waals surface area contributed by atoms with Gasteiger partial charge in [-0.25, -0.2) is 4.98 Å². The maximum atomic E-state index is 5.87. The first-order chi connectivity index (χ1) is 9.29. The van der Waals surface area contributed by atoms with Crippen molar-refractivity contribution < 1.29 is 4.74 Å². The Morgan fingerprint density at radius 3 is 3.00 bits per heavy atom. The zero-order chi connectivity index (χ0) is 13.2. The first-order valence-electron chi connectivity index (χ1n) is 6.69. The van der Waals surface area contributed by atoms with E-state index in [1.54, 1.807) is 0 Å². The lowest BCUT2D eigenvalue weighted by Gasteiger charge is -2.25. The molecular weight excluding hydrogens is 238 g/mol. The Hall–Kier alpha value is -1.65. The molecule has 2 N–H and O–H groups in total. The van der Waals surface area contributed by atoms with E-state index in [4.69, 9.17) is 15.5 Å². The zero-order valence-electron chi connectivity index (χ0n) is 11.2. The van der Waals surface area contributed by atoms with Gasteiger partial charge in [0, 0.05) is 25.6 Å². The molecule has 100 valence electrons. The Morgan fingerprint density at radius 2 is 2.26 bits per heavy atom. The standard InChI is InChI=1S/C15H19N3O/c1-18(12-6-7-19-10-12)15-8-11(9-16)13-4-2-3-5-14(13)17-15/h2-5,8,12H,6-7,9-10,16H2,1H3. The van der Waals surface area contributed by atoms with Gasteiger partial charge >= 0.3 is 0 Å². The van der Waals surface area contributed by atoms with Gasteiger partial charge in [-0.05, 0) is 24.1 Å². The van der Waals surface area contributed by atoms with E-state index in [0.29, 0.717) is 12.6 Å². The highest BCUT2D eigenvalue weighted by molar-refractivity contribution is 5.84. The summed E-state index contributed by atoms with van der Waals surface area (Å²) in [6, 6.07) is 10.7. The summed E-state index contributed by atoms with van der Waals surface area (Å²) in [7, 11) is 2.08. The molecule has 3 rings (SSSR count). The number of likely N-dealkylation sites (N-methyl/N-ethyl adjacent to an activating group) is 1. The first-order valence-corrected chi connectivity index (χ1v) is 6.69. The molecule has 0 saturated carbocycles. The Morgan fingerprint density at radius 1 is 1.42 bits per heavy atom. The van der Waals surface area contributed by atoms with Crippen LogP contribution < -0.4 is 10.6 Å². The minimum absolute atomic E-state index is 0.416. The molecule has 1 aliphatic rings. The van der Waals surface area contributed by atoms with E-state index in [0.717, 1.165) is 41.9 Å². The average Bonchev–Trinajstić information content (AvgIpc) is 2.99. The number of nitrogens with zero attached hydrogens (tertiary/aromatic N) is 2. The summed E-state index contributed by atoms with van der Waals surface area (Å²) in [5.74, 6) is 0.981. The van der Waals surface area contributed by atoms with Gasteiger partial charge in [0.2, 0.25) is 0 Å². The second kappa shape index (κ2) is 5.15. The highest BCUT2D eigenvalue weighted by Crippen LogP contribution is 2.24. The van der Waals surface area contributed by atoms with Gasteiger partial charge in [0.1, 0.15) is 5.82 Å². The van der Waals surface area contributed by atoms with Gasteiger partial charge in [0.05, 0.1) is 18.2 Å². The molecule has 2 aromatic rings. The van der Waals surface area contributed by atoms with Gasteiger partial charge in [-0.2, -0.15) is 0 Å². The van der Waals surface area contributed by atoms with Gasteiger partial charge in [-0.3, -0.25) is 0 Å². The van der Waals surface area contributed by atoms with E-state index in [-0.39, 0.29) is 0 Å². The molecule has 1 atom stereocenters. The average molecular weight is 257 g/mol. The van der Waals surface area contributed by atoms with E-state index in [1.165, 1.54) is 0 Å². The van der Waals surface area contributed by atoms with Crippen LogP contribution in [0.25, 0.3) is 10.9 Å². The molecule has 1 aromatic heterocycles. The summed E-state index contributed by atoms with van der Waals surface area (Å²) in [6.45, 7) is 2.15. The molecule has 1 unspecified atom stereocenters. The van der Waals surface area contributed by atoms with Crippen LogP contribution >= 0.6 is 0 Å². The van der Waals surface area contributed by atoms with Crippen LogP contribution in [-0.2, 0) is 11.3 Å². The second-order valence-corrected chi connectivity index (χ2v) is 4.99. The van der Waals surface area contributed by atoms with Crippen LogP contribution in [-0.4, -0.2) is 31.3 Å². The fraction of sp³-hybridized carbons (Fsp3) is 0.400. The summed E-state index contributed by atoms with van der Waals surface area (Å²) in [6.07, 6.45) is 1.06. The zero-order valence-corrected chi connectivity index (χ0v) is 11.2. The van der Waals surface area contributed by atoms with Crippen molar-refractivity contribution in [3.63, 3.8) is 0 Å². The Balaban J connectivity index is 2.03. The number of ether oxygens (including phenoxy) is 1. The number of para-hydroxylation sites is 1. The molecule has 4 heteroatoms. The third-order valence-electron chi connectivity index (χ3n) is 3.82. The van der Waals surface area contributed by atoms with Crippen molar-refractivity contribution in [2.45, 2.75) is 19.0 Å².